The number of hydrogen-bond donors (Lipinski definition) is 0. The normalized spacial score (nSPS) is 18.0. The molecule has 0 aliphatic carbocycles. The van der Waals surface area contributed by atoms with Gasteiger partial charge in [0.05, 0.1) is 10.0 Å². The number of benzene rings is 1. The standard InChI is InChI=1S/C15H22Cl2N2O2S/c1-3-9-19-10-7-12(8-11-19)18(2)22(20,21)15-13(16)5-4-6-14(15)17/h4-6,12H,3,7-11H2,1-2H3. The van der Waals surface area contributed by atoms with Crippen molar-refractivity contribution in [2.75, 3.05) is 26.7 Å². The highest BCUT2D eigenvalue weighted by molar-refractivity contribution is 7.89. The second-order valence-corrected chi connectivity index (χ2v) is 8.39. The van der Waals surface area contributed by atoms with Crippen molar-refractivity contribution in [1.29, 1.82) is 0 Å². The predicted octanol–water partition coefficient (Wildman–Crippen LogP) is 3.49. The van der Waals surface area contributed by atoms with E-state index >= 15 is 0 Å². The Bertz CT molecular complexity index is 594. The van der Waals surface area contributed by atoms with Gasteiger partial charge < -0.3 is 4.90 Å². The van der Waals surface area contributed by atoms with Crippen molar-refractivity contribution in [2.24, 2.45) is 0 Å². The summed E-state index contributed by atoms with van der Waals surface area (Å²) in [5.74, 6) is 0. The zero-order valence-corrected chi connectivity index (χ0v) is 15.3. The smallest absolute Gasteiger partial charge is 0.246 e. The molecule has 1 saturated heterocycles. The highest BCUT2D eigenvalue weighted by atomic mass is 35.5. The lowest BCUT2D eigenvalue weighted by atomic mass is 10.1. The Hall–Kier alpha value is -0.330. The van der Waals surface area contributed by atoms with Crippen molar-refractivity contribution < 1.29 is 8.42 Å². The summed E-state index contributed by atoms with van der Waals surface area (Å²) >= 11 is 12.1. The molecular weight excluding hydrogens is 343 g/mol. The summed E-state index contributed by atoms with van der Waals surface area (Å²) in [7, 11) is -2.06. The molecule has 4 nitrogen and oxygen atoms in total. The van der Waals surface area contributed by atoms with Crippen LogP contribution in [-0.2, 0) is 10.0 Å². The molecule has 0 atom stereocenters. The largest absolute Gasteiger partial charge is 0.303 e. The van der Waals surface area contributed by atoms with Gasteiger partial charge in [-0.05, 0) is 51.0 Å². The topological polar surface area (TPSA) is 40.6 Å². The maximum atomic E-state index is 12.8. The van der Waals surface area contributed by atoms with Crippen LogP contribution in [-0.4, -0.2) is 50.3 Å². The van der Waals surface area contributed by atoms with Gasteiger partial charge in [0.2, 0.25) is 10.0 Å². The van der Waals surface area contributed by atoms with E-state index in [1.54, 1.807) is 25.2 Å². The molecule has 7 heteroatoms. The molecule has 0 bridgehead atoms. The van der Waals surface area contributed by atoms with Crippen molar-refractivity contribution >= 4 is 33.2 Å². The zero-order chi connectivity index (χ0) is 16.3. The third-order valence-corrected chi connectivity index (χ3v) is 7.03. The average Bonchev–Trinajstić information content (AvgIpc) is 2.47. The van der Waals surface area contributed by atoms with E-state index in [1.165, 1.54) is 4.31 Å². The lowest BCUT2D eigenvalue weighted by Crippen LogP contribution is -2.45. The van der Waals surface area contributed by atoms with Gasteiger partial charge in [-0.1, -0.05) is 36.2 Å². The van der Waals surface area contributed by atoms with Gasteiger partial charge in [-0.2, -0.15) is 4.31 Å². The summed E-state index contributed by atoms with van der Waals surface area (Å²) in [6, 6.07) is 4.74. The predicted molar refractivity (Wildman–Crippen MR) is 91.2 cm³/mol. The van der Waals surface area contributed by atoms with E-state index in [2.05, 4.69) is 11.8 Å². The van der Waals surface area contributed by atoms with Crippen LogP contribution in [0, 0.1) is 0 Å². The number of halogens is 2. The third kappa shape index (κ3) is 3.77. The minimum Gasteiger partial charge on any atom is -0.303 e. The molecule has 22 heavy (non-hydrogen) atoms. The molecule has 1 heterocycles. The molecular formula is C15H22Cl2N2O2S. The van der Waals surface area contributed by atoms with E-state index in [-0.39, 0.29) is 21.0 Å². The summed E-state index contributed by atoms with van der Waals surface area (Å²) in [4.78, 5) is 2.39. The number of piperidine rings is 1. The van der Waals surface area contributed by atoms with Gasteiger partial charge in [0.15, 0.2) is 0 Å². The maximum Gasteiger partial charge on any atom is 0.246 e. The molecule has 0 aromatic heterocycles. The lowest BCUT2D eigenvalue weighted by molar-refractivity contribution is 0.170. The van der Waals surface area contributed by atoms with Crippen molar-refractivity contribution in [3.8, 4) is 0 Å². The van der Waals surface area contributed by atoms with E-state index in [9.17, 15) is 8.42 Å². The first-order chi connectivity index (χ1) is 10.4. The van der Waals surface area contributed by atoms with Crippen LogP contribution in [0.15, 0.2) is 23.1 Å². The molecule has 1 aromatic rings. The first-order valence-electron chi connectivity index (χ1n) is 7.52. The van der Waals surface area contributed by atoms with Crippen LogP contribution in [0.5, 0.6) is 0 Å². The summed E-state index contributed by atoms with van der Waals surface area (Å²) in [6.45, 7) is 5.07. The van der Waals surface area contributed by atoms with Crippen LogP contribution < -0.4 is 0 Å². The zero-order valence-electron chi connectivity index (χ0n) is 12.9. The van der Waals surface area contributed by atoms with Crippen LogP contribution in [0.3, 0.4) is 0 Å². The van der Waals surface area contributed by atoms with E-state index in [4.69, 9.17) is 23.2 Å². The second kappa shape index (κ2) is 7.49. The number of rotatable bonds is 5. The molecule has 0 unspecified atom stereocenters. The van der Waals surface area contributed by atoms with E-state index in [0.717, 1.165) is 38.9 Å². The van der Waals surface area contributed by atoms with Gasteiger partial charge in [-0.3, -0.25) is 0 Å². The Balaban J connectivity index is 2.17. The number of hydrogen-bond acceptors (Lipinski definition) is 3. The Morgan fingerprint density at radius 2 is 1.77 bits per heavy atom. The monoisotopic (exact) mass is 364 g/mol. The minimum atomic E-state index is -3.68. The van der Waals surface area contributed by atoms with Crippen molar-refractivity contribution in [3.63, 3.8) is 0 Å². The first kappa shape index (κ1) is 18.0. The van der Waals surface area contributed by atoms with Gasteiger partial charge in [-0.15, -0.1) is 0 Å². The van der Waals surface area contributed by atoms with Gasteiger partial charge >= 0.3 is 0 Å². The highest BCUT2D eigenvalue weighted by Crippen LogP contribution is 2.33. The average molecular weight is 365 g/mol. The number of nitrogens with zero attached hydrogens (tertiary/aromatic N) is 2. The fourth-order valence-corrected chi connectivity index (χ4v) is 5.39. The van der Waals surface area contributed by atoms with Gasteiger partial charge in [0, 0.05) is 13.1 Å². The molecule has 1 aromatic carbocycles. The molecule has 0 radical (unpaired) electrons. The molecule has 2 rings (SSSR count). The van der Waals surface area contributed by atoms with Crippen molar-refractivity contribution in [2.45, 2.75) is 37.1 Å². The highest BCUT2D eigenvalue weighted by Gasteiger charge is 2.33. The van der Waals surface area contributed by atoms with Crippen molar-refractivity contribution in [1.82, 2.24) is 9.21 Å². The molecule has 0 spiro atoms. The van der Waals surface area contributed by atoms with E-state index in [0.29, 0.717) is 0 Å². The SMILES string of the molecule is CCCN1CCC(N(C)S(=O)(=O)c2c(Cl)cccc2Cl)CC1. The molecule has 124 valence electrons. The van der Waals surface area contributed by atoms with E-state index in [1.807, 2.05) is 0 Å². The summed E-state index contributed by atoms with van der Waals surface area (Å²) in [5.41, 5.74) is 0. The minimum absolute atomic E-state index is 0.00885. The summed E-state index contributed by atoms with van der Waals surface area (Å²) in [6.07, 6.45) is 2.78. The van der Waals surface area contributed by atoms with Crippen LogP contribution in [0.1, 0.15) is 26.2 Å². The fraction of sp³-hybridized carbons (Fsp3) is 0.600. The summed E-state index contributed by atoms with van der Waals surface area (Å²) < 4.78 is 27.1. The molecule has 0 saturated carbocycles. The molecule has 0 amide bonds. The molecule has 1 fully saturated rings. The Labute approximate surface area is 143 Å². The maximum absolute atomic E-state index is 12.8. The van der Waals surface area contributed by atoms with Crippen LogP contribution in [0.2, 0.25) is 10.0 Å². The van der Waals surface area contributed by atoms with Gasteiger partial charge in [0.25, 0.3) is 0 Å². The number of sulfonamides is 1. The summed E-state index contributed by atoms with van der Waals surface area (Å²) in [5, 5.41) is 0.338. The van der Waals surface area contributed by atoms with Crippen LogP contribution in [0.25, 0.3) is 0 Å². The van der Waals surface area contributed by atoms with Gasteiger partial charge in [0.1, 0.15) is 4.90 Å². The number of likely N-dealkylation sites (tertiary alicyclic amines) is 1. The third-order valence-electron chi connectivity index (χ3n) is 4.17. The molecule has 1 aliphatic heterocycles. The molecule has 1 aliphatic rings. The quantitative estimate of drug-likeness (QED) is 0.802. The van der Waals surface area contributed by atoms with Crippen LogP contribution in [0.4, 0.5) is 0 Å². The Morgan fingerprint density at radius 3 is 2.27 bits per heavy atom. The van der Waals surface area contributed by atoms with Gasteiger partial charge in [-0.25, -0.2) is 8.42 Å². The molecule has 0 N–H and O–H groups in total. The Kier molecular flexibility index (Phi) is 6.14. The van der Waals surface area contributed by atoms with Crippen molar-refractivity contribution in [3.05, 3.63) is 28.2 Å². The second-order valence-electron chi connectivity index (χ2n) is 5.64. The fourth-order valence-electron chi connectivity index (χ4n) is 2.89. The Morgan fingerprint density at radius 1 is 1.23 bits per heavy atom. The first-order valence-corrected chi connectivity index (χ1v) is 9.72. The van der Waals surface area contributed by atoms with E-state index < -0.39 is 10.0 Å². The lowest BCUT2D eigenvalue weighted by Gasteiger charge is -2.36. The van der Waals surface area contributed by atoms with Crippen LogP contribution >= 0.6 is 23.2 Å².